The van der Waals surface area contributed by atoms with Crippen molar-refractivity contribution in [1.82, 2.24) is 0 Å². The average molecular weight is 393 g/mol. The van der Waals surface area contributed by atoms with Crippen LogP contribution in [0.4, 0.5) is 0 Å². The first kappa shape index (κ1) is 24.5. The summed E-state index contributed by atoms with van der Waals surface area (Å²) in [4.78, 5) is 11.9. The van der Waals surface area contributed by atoms with Gasteiger partial charge in [0.15, 0.2) is 0 Å². The van der Waals surface area contributed by atoms with Crippen LogP contribution in [0, 0.1) is 0 Å². The average Bonchev–Trinajstić information content (AvgIpc) is 2.69. The molecule has 0 saturated heterocycles. The van der Waals surface area contributed by atoms with Crippen molar-refractivity contribution in [1.29, 1.82) is 0 Å². The van der Waals surface area contributed by atoms with Crippen LogP contribution < -0.4 is 4.74 Å². The Bertz CT molecular complexity index is 503. The van der Waals surface area contributed by atoms with E-state index in [1.165, 1.54) is 57.8 Å². The minimum Gasteiger partial charge on any atom is -0.476 e. The third kappa shape index (κ3) is 10.1. The highest BCUT2D eigenvalue weighted by Crippen LogP contribution is 2.26. The lowest BCUT2D eigenvalue weighted by atomic mass is 10.0. The second-order valence-electron chi connectivity index (χ2n) is 7.55. The van der Waals surface area contributed by atoms with Crippen LogP contribution in [0.2, 0.25) is 0 Å². The summed E-state index contributed by atoms with van der Waals surface area (Å²) in [5.41, 5.74) is 0. The van der Waals surface area contributed by atoms with Gasteiger partial charge in [-0.3, -0.25) is 0 Å². The van der Waals surface area contributed by atoms with Gasteiger partial charge < -0.3 is 14.6 Å². The van der Waals surface area contributed by atoms with Crippen molar-refractivity contribution in [2.45, 2.75) is 103 Å². The van der Waals surface area contributed by atoms with Crippen LogP contribution >= 0.6 is 0 Å². The van der Waals surface area contributed by atoms with Crippen LogP contribution in [-0.2, 0) is 9.53 Å². The molecule has 0 bridgehead atoms. The van der Waals surface area contributed by atoms with Crippen LogP contribution in [0.1, 0.15) is 97.3 Å². The molecule has 0 heterocycles. The van der Waals surface area contributed by atoms with Gasteiger partial charge in [0, 0.05) is 13.0 Å². The number of unbranched alkanes of at least 4 members (excludes halogenated alkanes) is 11. The Balaban J connectivity index is 2.25. The van der Waals surface area contributed by atoms with Gasteiger partial charge in [-0.15, -0.1) is 0 Å². The maximum absolute atomic E-state index is 11.9. The van der Waals surface area contributed by atoms with Gasteiger partial charge in [0.2, 0.25) is 0 Å². The van der Waals surface area contributed by atoms with E-state index in [-0.39, 0.29) is 0 Å². The summed E-state index contributed by atoms with van der Waals surface area (Å²) in [6.45, 7) is 4.36. The van der Waals surface area contributed by atoms with Gasteiger partial charge in [-0.1, -0.05) is 95.8 Å². The topological polar surface area (TPSA) is 55.8 Å². The van der Waals surface area contributed by atoms with Crippen molar-refractivity contribution >= 4 is 5.97 Å². The Morgan fingerprint density at radius 2 is 1.32 bits per heavy atom. The van der Waals surface area contributed by atoms with Crippen molar-refractivity contribution in [2.24, 2.45) is 0 Å². The molecule has 0 aliphatic carbocycles. The molecular weight excluding hydrogens is 352 g/mol. The zero-order chi connectivity index (χ0) is 20.5. The lowest BCUT2D eigenvalue weighted by Gasteiger charge is -2.30. The highest BCUT2D eigenvalue weighted by molar-refractivity contribution is 5.76. The summed E-state index contributed by atoms with van der Waals surface area (Å²) in [7, 11) is 0. The normalized spacial score (nSPS) is 13.2. The monoisotopic (exact) mass is 392 g/mol. The number of rotatable bonds is 18. The highest BCUT2D eigenvalue weighted by Gasteiger charge is 2.41. The summed E-state index contributed by atoms with van der Waals surface area (Å²) >= 11 is 0. The molecule has 28 heavy (non-hydrogen) atoms. The Morgan fingerprint density at radius 1 is 0.821 bits per heavy atom. The molecule has 0 aliphatic heterocycles. The van der Waals surface area contributed by atoms with Gasteiger partial charge in [0.05, 0.1) is 0 Å². The third-order valence-corrected chi connectivity index (χ3v) is 5.09. The largest absolute Gasteiger partial charge is 0.476 e. The van der Waals surface area contributed by atoms with E-state index in [0.29, 0.717) is 18.8 Å². The molecule has 1 aromatic rings. The van der Waals surface area contributed by atoms with E-state index in [0.717, 1.165) is 19.3 Å². The molecule has 0 radical (unpaired) electrons. The number of hydrogen-bond donors (Lipinski definition) is 1. The Kier molecular flexibility index (Phi) is 13.5. The molecule has 0 saturated carbocycles. The summed E-state index contributed by atoms with van der Waals surface area (Å²) < 4.78 is 11.4. The van der Waals surface area contributed by atoms with E-state index in [4.69, 9.17) is 9.47 Å². The standard InChI is InChI=1S/C24H40O4/c1-3-5-6-7-8-9-10-11-12-13-14-18-21-24(23(25)26,27-4-2)28-22-19-16-15-17-20-22/h15-17,19-20H,3-14,18,21H2,1-2H3,(H,25,26). The number of hydrogen-bond acceptors (Lipinski definition) is 3. The zero-order valence-electron chi connectivity index (χ0n) is 18.0. The van der Waals surface area contributed by atoms with Gasteiger partial charge in [-0.2, -0.15) is 0 Å². The SMILES string of the molecule is CCCCCCCCCCCCCCC(OCC)(Oc1ccccc1)C(=O)O. The van der Waals surface area contributed by atoms with Crippen LogP contribution in [0.5, 0.6) is 5.75 Å². The smallest absolute Gasteiger partial charge is 0.377 e. The number of carboxylic acids is 1. The second-order valence-corrected chi connectivity index (χ2v) is 7.55. The van der Waals surface area contributed by atoms with E-state index < -0.39 is 11.8 Å². The lowest BCUT2D eigenvalue weighted by Crippen LogP contribution is -2.47. The van der Waals surface area contributed by atoms with Gasteiger partial charge in [-0.05, 0) is 25.5 Å². The van der Waals surface area contributed by atoms with Crippen molar-refractivity contribution < 1.29 is 19.4 Å². The molecule has 0 aromatic heterocycles. The van der Waals surface area contributed by atoms with Gasteiger partial charge in [-0.25, -0.2) is 4.79 Å². The summed E-state index contributed by atoms with van der Waals surface area (Å²) in [5.74, 6) is -2.12. The summed E-state index contributed by atoms with van der Waals surface area (Å²) in [6, 6.07) is 9.06. The van der Waals surface area contributed by atoms with Crippen LogP contribution in [0.15, 0.2) is 30.3 Å². The van der Waals surface area contributed by atoms with Gasteiger partial charge >= 0.3 is 11.8 Å². The second kappa shape index (κ2) is 15.4. The van der Waals surface area contributed by atoms with E-state index in [1.807, 2.05) is 18.2 Å². The number of aliphatic carboxylic acids is 1. The third-order valence-electron chi connectivity index (χ3n) is 5.09. The quantitative estimate of drug-likeness (QED) is 0.216. The summed E-state index contributed by atoms with van der Waals surface area (Å²) in [5, 5.41) is 9.74. The maximum atomic E-state index is 11.9. The molecule has 0 fully saturated rings. The van der Waals surface area contributed by atoms with Crippen molar-refractivity contribution in [2.75, 3.05) is 6.61 Å². The Hall–Kier alpha value is -1.55. The van der Waals surface area contributed by atoms with Crippen LogP contribution in [0.25, 0.3) is 0 Å². The number of carboxylic acid groups (broad SMARTS) is 1. The Morgan fingerprint density at radius 3 is 1.79 bits per heavy atom. The molecule has 1 rings (SSSR count). The number of para-hydroxylation sites is 1. The number of carbonyl (C=O) groups is 1. The van der Waals surface area contributed by atoms with E-state index >= 15 is 0 Å². The molecule has 4 nitrogen and oxygen atoms in total. The zero-order valence-corrected chi connectivity index (χ0v) is 18.0. The van der Waals surface area contributed by atoms with Gasteiger partial charge in [0.1, 0.15) is 5.75 Å². The molecule has 0 aliphatic rings. The van der Waals surface area contributed by atoms with Crippen molar-refractivity contribution in [3.05, 3.63) is 30.3 Å². The first-order valence-corrected chi connectivity index (χ1v) is 11.3. The molecule has 1 aromatic carbocycles. The highest BCUT2D eigenvalue weighted by atomic mass is 16.7. The van der Waals surface area contributed by atoms with Crippen LogP contribution in [0.3, 0.4) is 0 Å². The number of benzene rings is 1. The first-order valence-electron chi connectivity index (χ1n) is 11.3. The fraction of sp³-hybridized carbons (Fsp3) is 0.708. The molecule has 0 spiro atoms. The van der Waals surface area contributed by atoms with E-state index in [9.17, 15) is 9.90 Å². The maximum Gasteiger partial charge on any atom is 0.377 e. The predicted molar refractivity (Wildman–Crippen MR) is 115 cm³/mol. The molecule has 1 N–H and O–H groups in total. The minimum atomic E-state index is -1.59. The number of ether oxygens (including phenoxy) is 2. The molecule has 1 atom stereocenters. The molecule has 1 unspecified atom stereocenters. The molecule has 160 valence electrons. The van der Waals surface area contributed by atoms with Crippen LogP contribution in [-0.4, -0.2) is 23.5 Å². The minimum absolute atomic E-state index is 0.303. The lowest BCUT2D eigenvalue weighted by molar-refractivity contribution is -0.213. The molecule has 0 amide bonds. The van der Waals surface area contributed by atoms with Gasteiger partial charge in [0.25, 0.3) is 0 Å². The van der Waals surface area contributed by atoms with E-state index in [2.05, 4.69) is 6.92 Å². The summed E-state index contributed by atoms with van der Waals surface area (Å²) in [6.07, 6.45) is 15.3. The first-order chi connectivity index (χ1) is 13.6. The fourth-order valence-corrected chi connectivity index (χ4v) is 3.48. The fourth-order valence-electron chi connectivity index (χ4n) is 3.48. The van der Waals surface area contributed by atoms with E-state index in [1.54, 1.807) is 19.1 Å². The van der Waals surface area contributed by atoms with Crippen molar-refractivity contribution in [3.8, 4) is 5.75 Å². The molecular formula is C24H40O4. The molecule has 4 heteroatoms. The van der Waals surface area contributed by atoms with Crippen molar-refractivity contribution in [3.63, 3.8) is 0 Å². The predicted octanol–water partition coefficient (Wildman–Crippen LogP) is 6.97. The Labute approximate surface area is 171 Å².